The molecule has 4 rings (SSSR count). The molecular weight excluding hydrogens is 417 g/mol. The van der Waals surface area contributed by atoms with Crippen LogP contribution in [0.2, 0.25) is 5.02 Å². The highest BCUT2D eigenvalue weighted by molar-refractivity contribution is 7.13. The fourth-order valence-corrected chi connectivity index (χ4v) is 4.02. The Kier molecular flexibility index (Phi) is 5.38. The van der Waals surface area contributed by atoms with Crippen LogP contribution in [0.5, 0.6) is 0 Å². The molecule has 3 aromatic rings. The van der Waals surface area contributed by atoms with Gasteiger partial charge in [-0.3, -0.25) is 9.59 Å². The molecule has 3 heterocycles. The van der Waals surface area contributed by atoms with Gasteiger partial charge in [-0.25, -0.2) is 9.37 Å². The highest BCUT2D eigenvalue weighted by Crippen LogP contribution is 2.26. The van der Waals surface area contributed by atoms with Crippen LogP contribution in [0.1, 0.15) is 26.6 Å². The number of carbonyl (C=O) groups excluding carboxylic acids is 2. The van der Waals surface area contributed by atoms with Gasteiger partial charge in [-0.1, -0.05) is 17.7 Å². The zero-order valence-corrected chi connectivity index (χ0v) is 17.1. The summed E-state index contributed by atoms with van der Waals surface area (Å²) in [6, 6.07) is 7.66. The Bertz CT molecular complexity index is 1060. The topological polar surface area (TPSA) is 66.7 Å². The van der Waals surface area contributed by atoms with Crippen LogP contribution in [0.15, 0.2) is 40.1 Å². The number of rotatable bonds is 3. The summed E-state index contributed by atoms with van der Waals surface area (Å²) in [4.78, 5) is 33.8. The number of hydrogen-bond donors (Lipinski definition) is 0. The van der Waals surface area contributed by atoms with Crippen LogP contribution in [-0.4, -0.2) is 52.8 Å². The number of amides is 2. The number of hydrogen-bond acceptors (Lipinski definition) is 5. The summed E-state index contributed by atoms with van der Waals surface area (Å²) in [5.41, 5.74) is 0.208. The summed E-state index contributed by atoms with van der Waals surface area (Å²) in [6.07, 6.45) is 0. The predicted molar refractivity (Wildman–Crippen MR) is 108 cm³/mol. The van der Waals surface area contributed by atoms with Crippen LogP contribution in [-0.2, 0) is 0 Å². The van der Waals surface area contributed by atoms with Crippen LogP contribution < -0.4 is 0 Å². The number of aromatic nitrogens is 1. The lowest BCUT2D eigenvalue weighted by Gasteiger charge is -2.34. The van der Waals surface area contributed by atoms with Crippen LogP contribution in [0.3, 0.4) is 0 Å². The molecule has 0 bridgehead atoms. The van der Waals surface area contributed by atoms with E-state index in [0.29, 0.717) is 42.9 Å². The molecule has 1 aliphatic heterocycles. The van der Waals surface area contributed by atoms with Crippen molar-refractivity contribution in [2.75, 3.05) is 26.2 Å². The van der Waals surface area contributed by atoms with Crippen LogP contribution in [0.25, 0.3) is 10.8 Å². The first-order valence-corrected chi connectivity index (χ1v) is 10.2. The molecule has 150 valence electrons. The third-order valence-electron chi connectivity index (χ3n) is 4.74. The molecule has 1 aromatic carbocycles. The molecular formula is C20H17ClFN3O3S. The van der Waals surface area contributed by atoms with Crippen molar-refractivity contribution in [3.63, 3.8) is 0 Å². The second-order valence-corrected chi connectivity index (χ2v) is 7.99. The maximum absolute atomic E-state index is 14.0. The lowest BCUT2D eigenvalue weighted by Crippen LogP contribution is -2.50. The second kappa shape index (κ2) is 7.96. The summed E-state index contributed by atoms with van der Waals surface area (Å²) in [5.74, 6) is -0.411. The minimum atomic E-state index is -0.614. The van der Waals surface area contributed by atoms with Gasteiger partial charge in [0.25, 0.3) is 11.8 Å². The normalized spacial score (nSPS) is 14.3. The maximum atomic E-state index is 14.0. The molecule has 0 atom stereocenters. The van der Waals surface area contributed by atoms with E-state index in [0.717, 1.165) is 4.88 Å². The van der Waals surface area contributed by atoms with Gasteiger partial charge < -0.3 is 14.2 Å². The zero-order valence-electron chi connectivity index (χ0n) is 15.5. The van der Waals surface area contributed by atoms with Crippen molar-refractivity contribution in [1.82, 2.24) is 14.8 Å². The number of aryl methyl sites for hydroxylation is 1. The van der Waals surface area contributed by atoms with Gasteiger partial charge in [0.05, 0.1) is 10.4 Å². The van der Waals surface area contributed by atoms with Gasteiger partial charge in [0.15, 0.2) is 5.69 Å². The monoisotopic (exact) mass is 433 g/mol. The van der Waals surface area contributed by atoms with E-state index in [1.165, 1.54) is 34.4 Å². The Morgan fingerprint density at radius 1 is 1.14 bits per heavy atom. The molecule has 0 radical (unpaired) electrons. The molecule has 0 aliphatic carbocycles. The van der Waals surface area contributed by atoms with Gasteiger partial charge in [-0.15, -0.1) is 11.3 Å². The summed E-state index contributed by atoms with van der Waals surface area (Å²) in [7, 11) is 0. The number of nitrogens with zero attached hydrogens (tertiary/aromatic N) is 3. The summed E-state index contributed by atoms with van der Waals surface area (Å²) < 4.78 is 19.6. The van der Waals surface area contributed by atoms with Gasteiger partial charge in [-0.2, -0.15) is 0 Å². The molecule has 6 nitrogen and oxygen atoms in total. The molecule has 9 heteroatoms. The molecule has 29 heavy (non-hydrogen) atoms. The van der Waals surface area contributed by atoms with Crippen LogP contribution >= 0.6 is 22.9 Å². The number of halogens is 2. The van der Waals surface area contributed by atoms with E-state index in [1.807, 2.05) is 17.5 Å². The van der Waals surface area contributed by atoms with E-state index in [4.69, 9.17) is 16.0 Å². The van der Waals surface area contributed by atoms with Crippen molar-refractivity contribution in [2.24, 2.45) is 0 Å². The van der Waals surface area contributed by atoms with Crippen LogP contribution in [0.4, 0.5) is 4.39 Å². The lowest BCUT2D eigenvalue weighted by molar-refractivity contribution is 0.0529. The fraction of sp³-hybridized carbons (Fsp3) is 0.250. The third-order valence-corrected chi connectivity index (χ3v) is 5.84. The Labute approximate surface area is 175 Å². The van der Waals surface area contributed by atoms with Gasteiger partial charge >= 0.3 is 0 Å². The molecule has 1 saturated heterocycles. The first-order chi connectivity index (χ1) is 13.9. The van der Waals surface area contributed by atoms with Gasteiger partial charge in [0.1, 0.15) is 11.6 Å². The first kappa shape index (κ1) is 19.6. The highest BCUT2D eigenvalue weighted by Gasteiger charge is 2.29. The Morgan fingerprint density at radius 3 is 2.48 bits per heavy atom. The van der Waals surface area contributed by atoms with E-state index in [-0.39, 0.29) is 17.2 Å². The SMILES string of the molecule is Cc1oc(-c2cccs2)nc1C(=O)N1CCN(C(=O)c2cc(Cl)ccc2F)CC1. The summed E-state index contributed by atoms with van der Waals surface area (Å²) in [6.45, 7) is 2.95. The molecule has 0 N–H and O–H groups in total. The number of carbonyl (C=O) groups is 2. The van der Waals surface area contributed by atoms with Gasteiger partial charge in [0, 0.05) is 31.2 Å². The van der Waals surface area contributed by atoms with Crippen molar-refractivity contribution in [3.05, 3.63) is 63.6 Å². The number of thiophene rings is 1. The molecule has 2 amide bonds. The van der Waals surface area contributed by atoms with Crippen molar-refractivity contribution >= 4 is 34.8 Å². The van der Waals surface area contributed by atoms with Crippen LogP contribution in [0, 0.1) is 12.7 Å². The lowest BCUT2D eigenvalue weighted by atomic mass is 10.1. The van der Waals surface area contributed by atoms with Gasteiger partial charge in [0.2, 0.25) is 5.89 Å². The maximum Gasteiger partial charge on any atom is 0.276 e. The van der Waals surface area contributed by atoms with E-state index < -0.39 is 11.7 Å². The minimum Gasteiger partial charge on any atom is -0.440 e. The number of oxazole rings is 1. The molecule has 1 aliphatic rings. The average Bonchev–Trinajstić information content (AvgIpc) is 3.38. The average molecular weight is 434 g/mol. The smallest absolute Gasteiger partial charge is 0.276 e. The van der Waals surface area contributed by atoms with Crippen molar-refractivity contribution in [2.45, 2.75) is 6.92 Å². The van der Waals surface area contributed by atoms with E-state index in [2.05, 4.69) is 4.98 Å². The Balaban J connectivity index is 1.44. The third kappa shape index (κ3) is 3.90. The minimum absolute atomic E-state index is 0.0646. The molecule has 0 spiro atoms. The Hall–Kier alpha value is -2.71. The van der Waals surface area contributed by atoms with Gasteiger partial charge in [-0.05, 0) is 36.6 Å². The van der Waals surface area contributed by atoms with E-state index in [9.17, 15) is 14.0 Å². The van der Waals surface area contributed by atoms with Crippen molar-refractivity contribution in [1.29, 1.82) is 0 Å². The highest BCUT2D eigenvalue weighted by atomic mass is 35.5. The van der Waals surface area contributed by atoms with Crippen molar-refractivity contribution in [3.8, 4) is 10.8 Å². The standard InChI is InChI=1S/C20H17ClFN3O3S/c1-12-17(23-18(28-12)16-3-2-10-29-16)20(27)25-8-6-24(7-9-25)19(26)14-11-13(21)4-5-15(14)22/h2-5,10-11H,6-9H2,1H3. The summed E-state index contributed by atoms with van der Waals surface area (Å²) >= 11 is 7.36. The number of piperazine rings is 1. The molecule has 2 aromatic heterocycles. The molecule has 0 saturated carbocycles. The second-order valence-electron chi connectivity index (χ2n) is 6.61. The summed E-state index contributed by atoms with van der Waals surface area (Å²) in [5, 5.41) is 2.21. The quantitative estimate of drug-likeness (QED) is 0.623. The number of benzene rings is 1. The molecule has 0 unspecified atom stereocenters. The fourth-order valence-electron chi connectivity index (χ4n) is 3.19. The molecule has 1 fully saturated rings. The first-order valence-electron chi connectivity index (χ1n) is 8.99. The largest absolute Gasteiger partial charge is 0.440 e. The zero-order chi connectivity index (χ0) is 20.5. The van der Waals surface area contributed by atoms with E-state index >= 15 is 0 Å². The predicted octanol–water partition coefficient (Wildman–Crippen LogP) is 4.10. The van der Waals surface area contributed by atoms with E-state index in [1.54, 1.807) is 11.8 Å². The van der Waals surface area contributed by atoms with Crippen molar-refractivity contribution < 1.29 is 18.4 Å². The Morgan fingerprint density at radius 2 is 1.83 bits per heavy atom.